The maximum atomic E-state index is 6.74. The molecule has 0 unspecified atom stereocenters. The van der Waals surface area contributed by atoms with E-state index in [4.69, 9.17) is 8.83 Å². The number of hydrogen-bond acceptors (Lipinski definition) is 4. The number of para-hydroxylation sites is 2. The Labute approximate surface area is 414 Å². The molecule has 336 valence electrons. The molecule has 12 aromatic carbocycles. The molecule has 16 rings (SSSR count). The van der Waals surface area contributed by atoms with Crippen molar-refractivity contribution in [2.24, 2.45) is 0 Å². The van der Waals surface area contributed by atoms with Crippen molar-refractivity contribution in [1.29, 1.82) is 0 Å². The minimum Gasteiger partial charge on any atom is -0.456 e. The van der Waals surface area contributed by atoms with E-state index >= 15 is 0 Å². The van der Waals surface area contributed by atoms with E-state index in [2.05, 4.69) is 240 Å². The molecule has 0 N–H and O–H groups in total. The van der Waals surface area contributed by atoms with Crippen LogP contribution in [0.5, 0.6) is 0 Å². The Morgan fingerprint density at radius 3 is 1.07 bits per heavy atom. The van der Waals surface area contributed by atoms with Crippen LogP contribution in [0.25, 0.3) is 98.4 Å². The monoisotopic (exact) mass is 918 g/mol. The summed E-state index contributed by atoms with van der Waals surface area (Å²) in [4.78, 5) is 4.82. The van der Waals surface area contributed by atoms with Gasteiger partial charge in [-0.2, -0.15) is 0 Å². The van der Waals surface area contributed by atoms with E-state index in [9.17, 15) is 0 Å². The Morgan fingerprint density at radius 1 is 0.264 bits per heavy atom. The Balaban J connectivity index is 0.779. The molecule has 0 radical (unpaired) electrons. The first-order valence-corrected chi connectivity index (χ1v) is 24.9. The largest absolute Gasteiger partial charge is 0.456 e. The molecular weight excluding hydrogens is 877 g/mol. The summed E-state index contributed by atoms with van der Waals surface area (Å²) in [6, 6.07) is 84.2. The van der Waals surface area contributed by atoms with Gasteiger partial charge < -0.3 is 18.6 Å². The first kappa shape index (κ1) is 39.5. The quantitative estimate of drug-likeness (QED) is 0.166. The van der Waals surface area contributed by atoms with Gasteiger partial charge in [-0.25, -0.2) is 0 Å². The second-order valence-electron chi connectivity index (χ2n) is 19.6. The average Bonchev–Trinajstić information content (AvgIpc) is 4.19. The highest BCUT2D eigenvalue weighted by Crippen LogP contribution is 2.49. The van der Waals surface area contributed by atoms with Gasteiger partial charge in [-0.3, -0.25) is 0 Å². The van der Waals surface area contributed by atoms with Crippen LogP contribution in [-0.4, -0.2) is 0 Å². The van der Waals surface area contributed by atoms with Gasteiger partial charge in [-0.05, 0) is 186 Å². The molecule has 4 heteroatoms. The Kier molecular flexibility index (Phi) is 8.25. The zero-order valence-electron chi connectivity index (χ0n) is 39.1. The fourth-order valence-electron chi connectivity index (χ4n) is 12.2. The number of furan rings is 2. The molecule has 0 saturated carbocycles. The molecule has 0 fully saturated rings. The molecule has 0 atom stereocenters. The second-order valence-corrected chi connectivity index (χ2v) is 19.6. The van der Waals surface area contributed by atoms with Crippen LogP contribution in [0.2, 0.25) is 0 Å². The van der Waals surface area contributed by atoms with Crippen LogP contribution >= 0.6 is 0 Å². The van der Waals surface area contributed by atoms with Crippen LogP contribution in [-0.2, 0) is 12.8 Å². The van der Waals surface area contributed by atoms with Gasteiger partial charge in [0.1, 0.15) is 22.3 Å². The smallest absolute Gasteiger partial charge is 0.136 e. The Morgan fingerprint density at radius 2 is 0.625 bits per heavy atom. The lowest BCUT2D eigenvalue weighted by Gasteiger charge is -2.28. The summed E-state index contributed by atoms with van der Waals surface area (Å²) in [5, 5.41) is 11.3. The van der Waals surface area contributed by atoms with E-state index in [1.807, 2.05) is 0 Å². The zero-order chi connectivity index (χ0) is 47.0. The fraction of sp³-hybridized carbons (Fsp3) is 0.0294. The van der Waals surface area contributed by atoms with Crippen molar-refractivity contribution in [2.45, 2.75) is 12.8 Å². The average molecular weight is 919 g/mol. The number of nitrogens with zero attached hydrogens (tertiary/aromatic N) is 2. The highest BCUT2D eigenvalue weighted by molar-refractivity contribution is 6.18. The van der Waals surface area contributed by atoms with Crippen molar-refractivity contribution in [3.63, 3.8) is 0 Å². The number of hydrogen-bond donors (Lipinski definition) is 0. The third-order valence-corrected chi connectivity index (χ3v) is 15.6. The Bertz CT molecular complexity index is 4290. The minimum atomic E-state index is 0.864. The van der Waals surface area contributed by atoms with Crippen molar-refractivity contribution in [3.05, 3.63) is 253 Å². The van der Waals surface area contributed by atoms with Crippen LogP contribution in [0.3, 0.4) is 0 Å². The van der Waals surface area contributed by atoms with Crippen molar-refractivity contribution in [3.8, 4) is 22.3 Å². The van der Waals surface area contributed by atoms with Gasteiger partial charge in [0, 0.05) is 57.1 Å². The van der Waals surface area contributed by atoms with Crippen LogP contribution in [0, 0.1) is 0 Å². The highest BCUT2D eigenvalue weighted by Gasteiger charge is 2.27. The van der Waals surface area contributed by atoms with Crippen molar-refractivity contribution in [2.75, 3.05) is 9.80 Å². The molecule has 14 aromatic rings. The van der Waals surface area contributed by atoms with Gasteiger partial charge in [0.05, 0.1) is 11.4 Å². The van der Waals surface area contributed by atoms with Crippen molar-refractivity contribution >= 4 is 110 Å². The summed E-state index contributed by atoms with van der Waals surface area (Å²) in [6.07, 6.45) is 1.82. The van der Waals surface area contributed by atoms with Gasteiger partial charge in [0.2, 0.25) is 0 Å². The maximum absolute atomic E-state index is 6.74. The lowest BCUT2D eigenvalue weighted by Crippen LogP contribution is -2.12. The van der Waals surface area contributed by atoms with Crippen LogP contribution in [0.1, 0.15) is 22.3 Å². The van der Waals surface area contributed by atoms with Gasteiger partial charge in [0.15, 0.2) is 0 Å². The third kappa shape index (κ3) is 5.93. The van der Waals surface area contributed by atoms with E-state index in [0.29, 0.717) is 0 Å². The molecule has 0 saturated heterocycles. The zero-order valence-corrected chi connectivity index (χ0v) is 39.1. The van der Waals surface area contributed by atoms with Crippen LogP contribution < -0.4 is 9.80 Å². The summed E-state index contributed by atoms with van der Waals surface area (Å²) >= 11 is 0. The molecule has 0 bridgehead atoms. The van der Waals surface area contributed by atoms with Gasteiger partial charge in [-0.15, -0.1) is 0 Å². The molecule has 2 aromatic heterocycles. The van der Waals surface area contributed by atoms with E-state index < -0.39 is 0 Å². The summed E-state index contributed by atoms with van der Waals surface area (Å²) in [7, 11) is 0. The second kappa shape index (κ2) is 15.1. The standard InChI is InChI=1S/C68H42N2O2/c1-3-15-49(16-4-1)69(63-23-11-21-55-53-19-9-7-13-43(53)33-57(55)63)51-27-25-41-31-59-61-35-47-36-62-60-32-42-26-28-52(30-46(42)38-66(60)72-68(62)40-48(47)39-67(61)71-65(59)37-45(41)29-51)70(50-17-5-2-6-18-50)64-24-12-22-56-54-20-10-8-14-44(54)34-58(56)64/h1-32,35-40H,33-34H2. The molecule has 2 heterocycles. The van der Waals surface area contributed by atoms with E-state index in [1.165, 1.54) is 66.7 Å². The van der Waals surface area contributed by atoms with Gasteiger partial charge >= 0.3 is 0 Å². The number of rotatable bonds is 6. The van der Waals surface area contributed by atoms with Gasteiger partial charge in [-0.1, -0.05) is 121 Å². The van der Waals surface area contributed by atoms with E-state index in [1.54, 1.807) is 0 Å². The fourth-order valence-corrected chi connectivity index (χ4v) is 12.2. The first-order valence-electron chi connectivity index (χ1n) is 24.9. The van der Waals surface area contributed by atoms with Crippen LogP contribution in [0.15, 0.2) is 239 Å². The lowest BCUT2D eigenvalue weighted by atomic mass is 10.00. The molecule has 72 heavy (non-hydrogen) atoms. The topological polar surface area (TPSA) is 32.8 Å². The summed E-state index contributed by atoms with van der Waals surface area (Å²) in [6.45, 7) is 0. The summed E-state index contributed by atoms with van der Waals surface area (Å²) < 4.78 is 13.5. The lowest BCUT2D eigenvalue weighted by molar-refractivity contribution is 0.669. The number of benzene rings is 12. The van der Waals surface area contributed by atoms with Gasteiger partial charge in [0.25, 0.3) is 0 Å². The molecule has 4 nitrogen and oxygen atoms in total. The molecular formula is C68H42N2O2. The minimum absolute atomic E-state index is 0.864. The van der Waals surface area contributed by atoms with E-state index in [-0.39, 0.29) is 0 Å². The van der Waals surface area contributed by atoms with Crippen molar-refractivity contribution in [1.82, 2.24) is 0 Å². The number of fused-ring (bicyclic) bond motifs is 15. The molecule has 0 amide bonds. The summed E-state index contributed by atoms with van der Waals surface area (Å²) in [5.74, 6) is 0. The van der Waals surface area contributed by atoms with Crippen LogP contribution in [0.4, 0.5) is 34.1 Å². The normalized spacial score (nSPS) is 12.6. The molecule has 0 spiro atoms. The Hall–Kier alpha value is -9.38. The first-order chi connectivity index (χ1) is 35.6. The SMILES string of the molecule is c1ccc(N(c2ccc3cc4c(cc3c2)oc2cc3cc5oc6cc7cc(N(c8ccccc8)c8cccc9c8Cc8ccccc8-9)ccc7cc6c5cc3cc24)c2cccc3c2Cc2ccccc2-3)cc1. The molecule has 2 aliphatic carbocycles. The highest BCUT2D eigenvalue weighted by atomic mass is 16.3. The predicted molar refractivity (Wildman–Crippen MR) is 299 cm³/mol. The predicted octanol–water partition coefficient (Wildman–Crippen LogP) is 19.0. The summed E-state index contributed by atoms with van der Waals surface area (Å²) in [5.41, 5.74) is 21.1. The number of anilines is 6. The van der Waals surface area contributed by atoms with E-state index in [0.717, 1.165) is 101 Å². The third-order valence-electron chi connectivity index (χ3n) is 15.6. The van der Waals surface area contributed by atoms with Crippen molar-refractivity contribution < 1.29 is 8.83 Å². The molecule has 2 aliphatic rings. The molecule has 0 aliphatic heterocycles. The maximum Gasteiger partial charge on any atom is 0.136 e.